The predicted octanol–water partition coefficient (Wildman–Crippen LogP) is 3.19. The van der Waals surface area contributed by atoms with E-state index >= 15 is 0 Å². The third-order valence-electron chi connectivity index (χ3n) is 4.85. The Labute approximate surface area is 139 Å². The number of alkyl halides is 3. The number of anilines is 1. The molecule has 1 aromatic heterocycles. The summed E-state index contributed by atoms with van der Waals surface area (Å²) in [4.78, 5) is 19.4. The SMILES string of the molecule is CN(CC1CCN(c2ccc(C(F)(F)F)nc2)CC1)C(=O)C1CC1. The monoisotopic (exact) mass is 341 g/mol. The van der Waals surface area contributed by atoms with Gasteiger partial charge in [0.2, 0.25) is 5.91 Å². The number of aromatic nitrogens is 1. The summed E-state index contributed by atoms with van der Waals surface area (Å²) in [5.74, 6) is 0.953. The van der Waals surface area contributed by atoms with Crippen molar-refractivity contribution >= 4 is 11.6 Å². The number of piperidine rings is 1. The number of carbonyl (C=O) groups is 1. The van der Waals surface area contributed by atoms with Gasteiger partial charge < -0.3 is 9.80 Å². The van der Waals surface area contributed by atoms with E-state index in [1.807, 2.05) is 11.9 Å². The predicted molar refractivity (Wildman–Crippen MR) is 84.5 cm³/mol. The number of amides is 1. The maximum Gasteiger partial charge on any atom is 0.433 e. The maximum absolute atomic E-state index is 12.6. The Morgan fingerprint density at radius 1 is 1.25 bits per heavy atom. The van der Waals surface area contributed by atoms with Crippen molar-refractivity contribution < 1.29 is 18.0 Å². The van der Waals surface area contributed by atoms with Crippen LogP contribution in [-0.2, 0) is 11.0 Å². The summed E-state index contributed by atoms with van der Waals surface area (Å²) in [7, 11) is 1.87. The normalized spacial score (nSPS) is 19.4. The quantitative estimate of drug-likeness (QED) is 0.844. The number of carbonyl (C=O) groups excluding carboxylic acids is 1. The zero-order valence-corrected chi connectivity index (χ0v) is 13.7. The Morgan fingerprint density at radius 2 is 1.92 bits per heavy atom. The van der Waals surface area contributed by atoms with Gasteiger partial charge in [0.25, 0.3) is 0 Å². The van der Waals surface area contributed by atoms with Crippen molar-refractivity contribution in [2.24, 2.45) is 11.8 Å². The van der Waals surface area contributed by atoms with Gasteiger partial charge in [-0.25, -0.2) is 4.98 Å². The van der Waals surface area contributed by atoms with Gasteiger partial charge in [0.15, 0.2) is 0 Å². The molecular weight excluding hydrogens is 319 g/mol. The van der Waals surface area contributed by atoms with Crippen LogP contribution in [0.5, 0.6) is 0 Å². The largest absolute Gasteiger partial charge is 0.433 e. The van der Waals surface area contributed by atoms with Crippen LogP contribution in [0.1, 0.15) is 31.4 Å². The summed E-state index contributed by atoms with van der Waals surface area (Å²) < 4.78 is 37.7. The molecule has 2 heterocycles. The smallest absolute Gasteiger partial charge is 0.370 e. The Bertz CT molecular complexity index is 576. The van der Waals surface area contributed by atoms with Crippen molar-refractivity contribution in [3.63, 3.8) is 0 Å². The average molecular weight is 341 g/mol. The van der Waals surface area contributed by atoms with E-state index < -0.39 is 11.9 Å². The Hall–Kier alpha value is -1.79. The number of hydrogen-bond donors (Lipinski definition) is 0. The van der Waals surface area contributed by atoms with Gasteiger partial charge in [-0.2, -0.15) is 13.2 Å². The van der Waals surface area contributed by atoms with Gasteiger partial charge in [0, 0.05) is 32.6 Å². The number of halogens is 3. The van der Waals surface area contributed by atoms with Crippen molar-refractivity contribution in [2.45, 2.75) is 31.9 Å². The fourth-order valence-corrected chi connectivity index (χ4v) is 3.23. The molecule has 1 amide bonds. The van der Waals surface area contributed by atoms with Crippen LogP contribution in [0.3, 0.4) is 0 Å². The van der Waals surface area contributed by atoms with Gasteiger partial charge in [0.1, 0.15) is 5.69 Å². The molecule has 3 rings (SSSR count). The highest BCUT2D eigenvalue weighted by Gasteiger charge is 2.34. The van der Waals surface area contributed by atoms with Gasteiger partial charge in [-0.15, -0.1) is 0 Å². The first-order chi connectivity index (χ1) is 11.3. The number of nitrogens with zero attached hydrogens (tertiary/aromatic N) is 3. The molecule has 0 N–H and O–H groups in total. The van der Waals surface area contributed by atoms with E-state index in [9.17, 15) is 18.0 Å². The first kappa shape index (κ1) is 17.0. The van der Waals surface area contributed by atoms with Crippen LogP contribution in [-0.4, -0.2) is 42.5 Å². The van der Waals surface area contributed by atoms with E-state index in [2.05, 4.69) is 9.88 Å². The van der Waals surface area contributed by atoms with E-state index in [1.165, 1.54) is 12.3 Å². The Kier molecular flexibility index (Phi) is 4.69. The fraction of sp³-hybridized carbons (Fsp3) is 0.647. The summed E-state index contributed by atoms with van der Waals surface area (Å²) in [6, 6.07) is 2.52. The molecule has 0 bridgehead atoms. The molecule has 24 heavy (non-hydrogen) atoms. The summed E-state index contributed by atoms with van der Waals surface area (Å²) in [6.07, 6.45) is 0.799. The highest BCUT2D eigenvalue weighted by Crippen LogP contribution is 2.32. The summed E-state index contributed by atoms with van der Waals surface area (Å²) >= 11 is 0. The van der Waals surface area contributed by atoms with Gasteiger partial charge in [-0.05, 0) is 43.7 Å². The molecule has 4 nitrogen and oxygen atoms in total. The van der Waals surface area contributed by atoms with Crippen molar-refractivity contribution in [1.82, 2.24) is 9.88 Å². The van der Waals surface area contributed by atoms with Crippen LogP contribution in [0.4, 0.5) is 18.9 Å². The zero-order valence-electron chi connectivity index (χ0n) is 13.7. The van der Waals surface area contributed by atoms with Crippen molar-refractivity contribution in [1.29, 1.82) is 0 Å². The zero-order chi connectivity index (χ0) is 17.3. The minimum Gasteiger partial charge on any atom is -0.370 e. The molecule has 1 saturated carbocycles. The van der Waals surface area contributed by atoms with E-state index in [4.69, 9.17) is 0 Å². The van der Waals surface area contributed by atoms with Gasteiger partial charge in [-0.3, -0.25) is 4.79 Å². The van der Waals surface area contributed by atoms with E-state index in [-0.39, 0.29) is 11.8 Å². The van der Waals surface area contributed by atoms with Crippen LogP contribution >= 0.6 is 0 Å². The minimum atomic E-state index is -4.40. The second-order valence-corrected chi connectivity index (χ2v) is 6.82. The molecule has 0 radical (unpaired) electrons. The molecule has 0 spiro atoms. The highest BCUT2D eigenvalue weighted by atomic mass is 19.4. The van der Waals surface area contributed by atoms with Crippen molar-refractivity contribution in [3.05, 3.63) is 24.0 Å². The van der Waals surface area contributed by atoms with Crippen molar-refractivity contribution in [2.75, 3.05) is 31.6 Å². The lowest BCUT2D eigenvalue weighted by atomic mass is 9.96. The van der Waals surface area contributed by atoms with Gasteiger partial charge in [0.05, 0.1) is 11.9 Å². The lowest BCUT2D eigenvalue weighted by Gasteiger charge is -2.35. The molecule has 0 atom stereocenters. The van der Waals surface area contributed by atoms with Crippen molar-refractivity contribution in [3.8, 4) is 0 Å². The second kappa shape index (κ2) is 6.61. The summed E-state index contributed by atoms with van der Waals surface area (Å²) in [5, 5.41) is 0. The Morgan fingerprint density at radius 3 is 2.42 bits per heavy atom. The number of rotatable bonds is 4. The van der Waals surface area contributed by atoms with E-state index in [0.717, 1.165) is 57.1 Å². The lowest BCUT2D eigenvalue weighted by molar-refractivity contribution is -0.141. The van der Waals surface area contributed by atoms with E-state index in [1.54, 1.807) is 0 Å². The summed E-state index contributed by atoms with van der Waals surface area (Å²) in [6.45, 7) is 2.33. The molecule has 132 valence electrons. The molecule has 1 aliphatic heterocycles. The lowest BCUT2D eigenvalue weighted by Crippen LogP contribution is -2.40. The van der Waals surface area contributed by atoms with Crippen LogP contribution in [0.15, 0.2) is 18.3 Å². The van der Waals surface area contributed by atoms with Crippen LogP contribution in [0, 0.1) is 11.8 Å². The maximum atomic E-state index is 12.6. The molecule has 1 saturated heterocycles. The van der Waals surface area contributed by atoms with Crippen LogP contribution < -0.4 is 4.90 Å². The molecule has 2 fully saturated rings. The van der Waals surface area contributed by atoms with Gasteiger partial charge in [-0.1, -0.05) is 0 Å². The third kappa shape index (κ3) is 3.99. The van der Waals surface area contributed by atoms with Crippen LogP contribution in [0.2, 0.25) is 0 Å². The topological polar surface area (TPSA) is 36.4 Å². The molecular formula is C17H22F3N3O. The van der Waals surface area contributed by atoms with E-state index in [0.29, 0.717) is 5.92 Å². The standard InChI is InChI=1S/C17H22F3N3O/c1-22(16(24)13-2-3-13)11-12-6-8-23(9-7-12)14-4-5-15(21-10-14)17(18,19)20/h4-5,10,12-13H,2-3,6-9,11H2,1H3. The Balaban J connectivity index is 1.50. The molecule has 0 unspecified atom stereocenters. The molecule has 1 aromatic rings. The van der Waals surface area contributed by atoms with Gasteiger partial charge >= 0.3 is 6.18 Å². The number of hydrogen-bond acceptors (Lipinski definition) is 3. The fourth-order valence-electron chi connectivity index (χ4n) is 3.23. The minimum absolute atomic E-state index is 0.244. The highest BCUT2D eigenvalue weighted by molar-refractivity contribution is 5.80. The van der Waals surface area contributed by atoms with Crippen LogP contribution in [0.25, 0.3) is 0 Å². The number of pyridine rings is 1. The molecule has 7 heteroatoms. The molecule has 1 aliphatic carbocycles. The summed E-state index contributed by atoms with van der Waals surface area (Å²) in [5.41, 5.74) is -0.134. The first-order valence-corrected chi connectivity index (χ1v) is 8.38. The third-order valence-corrected chi connectivity index (χ3v) is 4.85. The second-order valence-electron chi connectivity index (χ2n) is 6.82. The average Bonchev–Trinajstić information content (AvgIpc) is 3.39. The first-order valence-electron chi connectivity index (χ1n) is 8.38. The molecule has 2 aliphatic rings. The molecule has 0 aromatic carbocycles.